The van der Waals surface area contributed by atoms with Crippen molar-refractivity contribution in [1.29, 1.82) is 0 Å². The first-order valence-corrected chi connectivity index (χ1v) is 9.24. The first-order valence-electron chi connectivity index (χ1n) is 8.10. The number of rotatable bonds is 9. The number of pyridine rings is 1. The van der Waals surface area contributed by atoms with Gasteiger partial charge in [0.15, 0.2) is 6.61 Å². The molecule has 0 fully saturated rings. The summed E-state index contributed by atoms with van der Waals surface area (Å²) < 4.78 is 4.94. The third-order valence-corrected chi connectivity index (χ3v) is 4.95. The highest BCUT2D eigenvalue weighted by Gasteiger charge is 2.27. The average Bonchev–Trinajstić information content (AvgIpc) is 2.61. The molecule has 0 aliphatic heterocycles. The predicted molar refractivity (Wildman–Crippen MR) is 99.0 cm³/mol. The van der Waals surface area contributed by atoms with Gasteiger partial charge in [0, 0.05) is 6.54 Å². The van der Waals surface area contributed by atoms with Crippen LogP contribution in [0.2, 0.25) is 15.2 Å². The van der Waals surface area contributed by atoms with Crippen LogP contribution < -0.4 is 16.0 Å². The van der Waals surface area contributed by atoms with Gasteiger partial charge >= 0.3 is 11.7 Å². The first-order chi connectivity index (χ1) is 11.8. The van der Waals surface area contributed by atoms with E-state index in [0.717, 1.165) is 25.7 Å². The predicted octanol–water partition coefficient (Wildman–Crippen LogP) is 3.53. The Kier molecular flexibility index (Phi) is 9.32. The number of H-pyrrole nitrogens is 1. The maximum atomic E-state index is 12.0. The van der Waals surface area contributed by atoms with Gasteiger partial charge in [-0.25, -0.2) is 4.79 Å². The molecule has 0 saturated heterocycles. The first kappa shape index (κ1) is 21.8. The summed E-state index contributed by atoms with van der Waals surface area (Å²) in [5.74, 6) is -0.812. The van der Waals surface area contributed by atoms with Crippen LogP contribution in [0.15, 0.2) is 0 Å². The lowest BCUT2D eigenvalue weighted by molar-refractivity contribution is -0.380. The van der Waals surface area contributed by atoms with E-state index in [9.17, 15) is 9.59 Å². The van der Waals surface area contributed by atoms with E-state index in [1.165, 1.54) is 0 Å². The lowest BCUT2D eigenvalue weighted by Gasteiger charge is -2.15. The Morgan fingerprint density at radius 3 is 2.52 bits per heavy atom. The van der Waals surface area contributed by atoms with Gasteiger partial charge in [-0.05, 0) is 23.9 Å². The molecule has 9 heteroatoms. The number of aromatic nitrogens is 1. The molecule has 1 amide bonds. The van der Waals surface area contributed by atoms with Crippen molar-refractivity contribution in [3.05, 3.63) is 20.9 Å². The molecule has 25 heavy (non-hydrogen) atoms. The van der Waals surface area contributed by atoms with Crippen LogP contribution in [0, 0.1) is 5.92 Å². The molecule has 140 valence electrons. The number of hydrogen-bond donors (Lipinski definition) is 2. The van der Waals surface area contributed by atoms with Crippen LogP contribution in [0.1, 0.15) is 50.0 Å². The molecule has 1 aromatic heterocycles. The van der Waals surface area contributed by atoms with Crippen molar-refractivity contribution >= 4 is 52.4 Å². The highest BCUT2D eigenvalue weighted by atomic mass is 35.5. The molecular weight excluding hydrogens is 389 g/mol. The number of nitrogens with one attached hydrogen (secondary N) is 2. The number of amides is 1. The Balaban J connectivity index is 2.55. The van der Waals surface area contributed by atoms with E-state index in [1.54, 1.807) is 0 Å². The highest BCUT2D eigenvalue weighted by Crippen LogP contribution is 2.32. The average molecular weight is 412 g/mol. The number of esters is 1. The van der Waals surface area contributed by atoms with Gasteiger partial charge in [-0.2, -0.15) is 4.98 Å². The van der Waals surface area contributed by atoms with Crippen LogP contribution in [-0.4, -0.2) is 25.0 Å². The molecule has 0 aliphatic rings. The molecule has 1 atom stereocenters. The molecule has 0 aliphatic carbocycles. The molecular formula is C16H23Cl3N3O3+. The van der Waals surface area contributed by atoms with Gasteiger partial charge in [-0.1, -0.05) is 56.3 Å². The van der Waals surface area contributed by atoms with Gasteiger partial charge in [-0.3, -0.25) is 4.79 Å². The maximum absolute atomic E-state index is 12.0. The topological polar surface area (TPSA) is 95.6 Å². The second kappa shape index (κ2) is 10.7. The Morgan fingerprint density at radius 1 is 1.24 bits per heavy atom. The minimum absolute atomic E-state index is 0.0126. The summed E-state index contributed by atoms with van der Waals surface area (Å²) in [6.45, 7) is 4.34. The fraction of sp³-hybridized carbons (Fsp3) is 0.562. The van der Waals surface area contributed by atoms with Gasteiger partial charge in [0.25, 0.3) is 11.1 Å². The maximum Gasteiger partial charge on any atom is 0.405 e. The highest BCUT2D eigenvalue weighted by molar-refractivity contribution is 6.45. The molecule has 6 nitrogen and oxygen atoms in total. The summed E-state index contributed by atoms with van der Waals surface area (Å²) in [6.07, 6.45) is 4.27. The van der Waals surface area contributed by atoms with E-state index in [-0.39, 0.29) is 32.5 Å². The zero-order valence-corrected chi connectivity index (χ0v) is 16.5. The normalized spacial score (nSPS) is 11.9. The van der Waals surface area contributed by atoms with E-state index >= 15 is 0 Å². The molecule has 1 rings (SSSR count). The third-order valence-electron chi connectivity index (χ3n) is 3.79. The minimum Gasteiger partial charge on any atom is -0.448 e. The Hall–Kier alpha value is -1.24. The van der Waals surface area contributed by atoms with Gasteiger partial charge in [0.2, 0.25) is 0 Å². The van der Waals surface area contributed by atoms with Crippen molar-refractivity contribution in [2.75, 3.05) is 18.9 Å². The molecule has 0 spiro atoms. The number of anilines is 1. The summed E-state index contributed by atoms with van der Waals surface area (Å²) >= 11 is 17.6. The van der Waals surface area contributed by atoms with Crippen LogP contribution in [0.25, 0.3) is 0 Å². The number of halogens is 3. The van der Waals surface area contributed by atoms with Crippen molar-refractivity contribution in [1.82, 2.24) is 5.32 Å². The van der Waals surface area contributed by atoms with Crippen molar-refractivity contribution < 1.29 is 19.3 Å². The number of unbranched alkanes of at least 4 members (excludes halogenated alkanes) is 1. The van der Waals surface area contributed by atoms with E-state index in [4.69, 9.17) is 45.3 Å². The number of ether oxygens (including phenoxy) is 1. The van der Waals surface area contributed by atoms with Gasteiger partial charge < -0.3 is 15.8 Å². The quantitative estimate of drug-likeness (QED) is 0.480. The van der Waals surface area contributed by atoms with Crippen molar-refractivity contribution in [3.8, 4) is 0 Å². The van der Waals surface area contributed by atoms with Crippen LogP contribution >= 0.6 is 34.8 Å². The summed E-state index contributed by atoms with van der Waals surface area (Å²) in [7, 11) is 0. The Bertz CT molecular complexity index is 626. The lowest BCUT2D eigenvalue weighted by atomic mass is 9.99. The zero-order valence-electron chi connectivity index (χ0n) is 14.3. The smallest absolute Gasteiger partial charge is 0.405 e. The number of carbonyl (C=O) groups excluding carboxylic acids is 2. The number of nitrogen functional groups attached to an aromatic ring is 1. The molecule has 1 aromatic rings. The second-order valence-electron chi connectivity index (χ2n) is 5.65. The fourth-order valence-electron chi connectivity index (χ4n) is 2.17. The molecule has 0 aromatic carbocycles. The number of aromatic amines is 1. The molecule has 4 N–H and O–H groups in total. The third kappa shape index (κ3) is 6.53. The summed E-state index contributed by atoms with van der Waals surface area (Å²) in [5, 5.41) is 2.63. The second-order valence-corrected chi connectivity index (χ2v) is 6.79. The van der Waals surface area contributed by atoms with Crippen molar-refractivity contribution in [2.24, 2.45) is 5.92 Å². The van der Waals surface area contributed by atoms with Crippen LogP contribution in [-0.2, 0) is 9.53 Å². The fourth-order valence-corrected chi connectivity index (χ4v) is 2.77. The molecule has 0 bridgehead atoms. The molecule has 1 heterocycles. The molecule has 0 saturated carbocycles. The molecule has 0 unspecified atom stereocenters. The monoisotopic (exact) mass is 410 g/mol. The van der Waals surface area contributed by atoms with Gasteiger partial charge in [0.1, 0.15) is 10.0 Å². The van der Waals surface area contributed by atoms with Gasteiger partial charge in [0.05, 0.1) is 5.69 Å². The summed E-state index contributed by atoms with van der Waals surface area (Å²) in [6, 6.07) is 0. The van der Waals surface area contributed by atoms with E-state index in [0.29, 0.717) is 12.5 Å². The van der Waals surface area contributed by atoms with Crippen molar-refractivity contribution in [3.63, 3.8) is 0 Å². The zero-order chi connectivity index (χ0) is 19.0. The largest absolute Gasteiger partial charge is 0.448 e. The Morgan fingerprint density at radius 2 is 1.92 bits per heavy atom. The molecule has 0 radical (unpaired) electrons. The minimum atomic E-state index is -0.844. The number of hydrogen-bond acceptors (Lipinski definition) is 4. The van der Waals surface area contributed by atoms with Gasteiger partial charge in [-0.15, -0.1) is 0 Å². The SMILES string of the molecule is CCCC[C@H](CC)CNC(=O)COC(=O)c1[nH+]c(Cl)c(Cl)c(N)c1Cl. The van der Waals surface area contributed by atoms with E-state index in [1.807, 2.05) is 0 Å². The van der Waals surface area contributed by atoms with Crippen LogP contribution in [0.3, 0.4) is 0 Å². The van der Waals surface area contributed by atoms with Crippen LogP contribution in [0.4, 0.5) is 5.69 Å². The van der Waals surface area contributed by atoms with E-state index in [2.05, 4.69) is 24.1 Å². The summed E-state index contributed by atoms with van der Waals surface area (Å²) in [4.78, 5) is 26.4. The number of nitrogens with two attached hydrogens (primary N) is 1. The number of carbonyl (C=O) groups is 2. The van der Waals surface area contributed by atoms with E-state index < -0.39 is 12.6 Å². The standard InChI is InChI=1S/C16H22Cl3N3O3/c1-3-5-6-9(4-2)7-21-10(23)8-25-16(24)14-11(17)13(20)12(18)15(19)22-14/h9H,3-8H2,1-2H3,(H2,20,22)(H,21,23)/p+1/t9-/m0/s1. The summed E-state index contributed by atoms with van der Waals surface area (Å²) in [5.41, 5.74) is 5.46. The Labute approximate surface area is 162 Å². The lowest BCUT2D eigenvalue weighted by Crippen LogP contribution is -2.33. The van der Waals surface area contributed by atoms with Crippen molar-refractivity contribution in [2.45, 2.75) is 39.5 Å². The van der Waals surface area contributed by atoms with Crippen LogP contribution in [0.5, 0.6) is 0 Å².